The molecule has 90 valence electrons. The average Bonchev–Trinajstić information content (AvgIpc) is 2.24. The highest BCUT2D eigenvalue weighted by atomic mass is 79.9. The first-order chi connectivity index (χ1) is 7.99. The van der Waals surface area contributed by atoms with Crippen LogP contribution in [0, 0.1) is 0 Å². The molecule has 1 aromatic heterocycles. The summed E-state index contributed by atoms with van der Waals surface area (Å²) in [5, 5.41) is 2.25. The van der Waals surface area contributed by atoms with Gasteiger partial charge in [-0.2, -0.15) is 0 Å². The van der Waals surface area contributed by atoms with Crippen molar-refractivity contribution in [3.8, 4) is 0 Å². The summed E-state index contributed by atoms with van der Waals surface area (Å²) in [7, 11) is 1.63. The van der Waals surface area contributed by atoms with Crippen molar-refractivity contribution >= 4 is 27.7 Å². The first-order valence-electron chi connectivity index (χ1n) is 5.19. The molecule has 0 aliphatic carbocycles. The van der Waals surface area contributed by atoms with Gasteiger partial charge >= 0.3 is 0 Å². The van der Waals surface area contributed by atoms with Crippen LogP contribution in [0.25, 0.3) is 0 Å². The third-order valence-corrected chi connectivity index (χ3v) is 3.23. The van der Waals surface area contributed by atoms with Crippen molar-refractivity contribution in [3.05, 3.63) is 32.7 Å². The number of carbonyl (C=O) groups is 2. The average molecular weight is 299 g/mol. The van der Waals surface area contributed by atoms with Gasteiger partial charge in [-0.05, 0) is 28.4 Å². The van der Waals surface area contributed by atoms with E-state index in [0.717, 1.165) is 4.47 Å². The van der Waals surface area contributed by atoms with E-state index in [4.69, 9.17) is 0 Å². The maximum Gasteiger partial charge on any atom is 0.254 e. The highest BCUT2D eigenvalue weighted by molar-refractivity contribution is 9.10. The fourth-order valence-corrected chi connectivity index (χ4v) is 2.49. The summed E-state index contributed by atoms with van der Waals surface area (Å²) in [6.45, 7) is 0. The molecule has 1 fully saturated rings. The summed E-state index contributed by atoms with van der Waals surface area (Å²) < 4.78 is 2.16. The molecule has 1 saturated heterocycles. The second-order valence-electron chi connectivity index (χ2n) is 4.03. The van der Waals surface area contributed by atoms with Crippen molar-refractivity contribution in [3.63, 3.8) is 0 Å². The summed E-state index contributed by atoms with van der Waals surface area (Å²) in [5.41, 5.74) is 0.217. The number of pyridine rings is 1. The van der Waals surface area contributed by atoms with Gasteiger partial charge in [-0.15, -0.1) is 0 Å². The first-order valence-corrected chi connectivity index (χ1v) is 5.98. The summed E-state index contributed by atoms with van der Waals surface area (Å²) in [6.07, 6.45) is 2.29. The van der Waals surface area contributed by atoms with Crippen molar-refractivity contribution in [1.29, 1.82) is 0 Å². The predicted molar refractivity (Wildman–Crippen MR) is 64.5 cm³/mol. The number of hydrogen-bond acceptors (Lipinski definition) is 3. The summed E-state index contributed by atoms with van der Waals surface area (Å²) in [4.78, 5) is 34.7. The Morgan fingerprint density at radius 2 is 2.12 bits per heavy atom. The number of nitrogens with zero attached hydrogens (tertiary/aromatic N) is 1. The lowest BCUT2D eigenvalue weighted by Crippen LogP contribution is -2.41. The molecule has 1 atom stereocenters. The van der Waals surface area contributed by atoms with Gasteiger partial charge in [0.25, 0.3) is 5.56 Å². The molecule has 5 nitrogen and oxygen atoms in total. The monoisotopic (exact) mass is 298 g/mol. The molecule has 2 amide bonds. The number of halogens is 1. The Bertz CT molecular complexity index is 550. The first kappa shape index (κ1) is 12.0. The normalized spacial score (nSPS) is 20.2. The molecule has 0 aromatic carbocycles. The highest BCUT2D eigenvalue weighted by Crippen LogP contribution is 2.24. The number of piperidine rings is 1. The van der Waals surface area contributed by atoms with E-state index in [1.54, 1.807) is 19.3 Å². The lowest BCUT2D eigenvalue weighted by Gasteiger charge is -2.21. The Kier molecular flexibility index (Phi) is 3.15. The smallest absolute Gasteiger partial charge is 0.254 e. The van der Waals surface area contributed by atoms with Crippen LogP contribution in [0.3, 0.4) is 0 Å². The number of hydrogen-bond donors (Lipinski definition) is 1. The molecule has 0 radical (unpaired) electrons. The molecule has 1 unspecified atom stereocenters. The Morgan fingerprint density at radius 1 is 1.41 bits per heavy atom. The van der Waals surface area contributed by atoms with Crippen molar-refractivity contribution < 1.29 is 9.59 Å². The van der Waals surface area contributed by atoms with E-state index in [1.807, 2.05) is 0 Å². The summed E-state index contributed by atoms with van der Waals surface area (Å²) in [5.74, 6) is -1.21. The van der Waals surface area contributed by atoms with E-state index in [0.29, 0.717) is 12.0 Å². The second-order valence-corrected chi connectivity index (χ2v) is 4.95. The van der Waals surface area contributed by atoms with Crippen LogP contribution in [0.2, 0.25) is 0 Å². The number of aromatic nitrogens is 1. The van der Waals surface area contributed by atoms with Gasteiger partial charge in [0.2, 0.25) is 11.8 Å². The minimum absolute atomic E-state index is 0.206. The van der Waals surface area contributed by atoms with Gasteiger partial charge in [-0.25, -0.2) is 0 Å². The third-order valence-electron chi connectivity index (χ3n) is 2.79. The molecule has 2 heterocycles. The number of amides is 2. The Labute approximate surface area is 106 Å². The van der Waals surface area contributed by atoms with Crippen LogP contribution in [0.5, 0.6) is 0 Å². The number of imide groups is 1. The molecule has 1 aromatic rings. The van der Waals surface area contributed by atoms with E-state index in [-0.39, 0.29) is 17.9 Å². The Hall–Kier alpha value is -1.43. The summed E-state index contributed by atoms with van der Waals surface area (Å²) in [6, 6.07) is 1.64. The molecule has 0 bridgehead atoms. The van der Waals surface area contributed by atoms with Crippen LogP contribution in [0.15, 0.2) is 21.5 Å². The quantitative estimate of drug-likeness (QED) is 0.775. The zero-order chi connectivity index (χ0) is 12.6. The number of aryl methyl sites for hydroxylation is 1. The lowest BCUT2D eigenvalue weighted by molar-refractivity contribution is -0.134. The lowest BCUT2D eigenvalue weighted by atomic mass is 9.91. The van der Waals surface area contributed by atoms with Gasteiger partial charge in [0.15, 0.2) is 0 Å². The van der Waals surface area contributed by atoms with Gasteiger partial charge in [-0.1, -0.05) is 0 Å². The zero-order valence-electron chi connectivity index (χ0n) is 9.20. The van der Waals surface area contributed by atoms with Crippen LogP contribution in [-0.2, 0) is 16.6 Å². The van der Waals surface area contributed by atoms with E-state index in [9.17, 15) is 14.4 Å². The van der Waals surface area contributed by atoms with Crippen molar-refractivity contribution in [2.24, 2.45) is 7.05 Å². The van der Waals surface area contributed by atoms with E-state index in [2.05, 4.69) is 21.2 Å². The Morgan fingerprint density at radius 3 is 2.76 bits per heavy atom. The standard InChI is InChI=1S/C11H11BrN2O3/c1-14-5-6(12)4-8(11(14)17)7-2-3-9(15)13-10(7)16/h4-5,7H,2-3H2,1H3,(H,13,15,16). The van der Waals surface area contributed by atoms with Crippen LogP contribution >= 0.6 is 15.9 Å². The van der Waals surface area contributed by atoms with Crippen LogP contribution in [0.1, 0.15) is 24.3 Å². The molecule has 0 spiro atoms. The van der Waals surface area contributed by atoms with Gasteiger partial charge in [0.1, 0.15) is 0 Å². The second kappa shape index (κ2) is 4.44. The van der Waals surface area contributed by atoms with Crippen LogP contribution in [-0.4, -0.2) is 16.4 Å². The molecule has 0 saturated carbocycles. The number of nitrogens with one attached hydrogen (secondary N) is 1. The molecular formula is C11H11BrN2O3. The predicted octanol–water partition coefficient (Wildman–Crippen LogP) is 0.668. The third kappa shape index (κ3) is 2.31. The fourth-order valence-electron chi connectivity index (χ4n) is 1.93. The van der Waals surface area contributed by atoms with E-state index < -0.39 is 11.8 Å². The Balaban J connectivity index is 2.44. The maximum absolute atomic E-state index is 11.9. The minimum atomic E-state index is -0.538. The molecule has 1 N–H and O–H groups in total. The minimum Gasteiger partial charge on any atom is -0.317 e. The number of carbonyl (C=O) groups excluding carboxylic acids is 2. The summed E-state index contributed by atoms with van der Waals surface area (Å²) >= 11 is 3.29. The van der Waals surface area contributed by atoms with Crippen molar-refractivity contribution in [2.75, 3.05) is 0 Å². The molecule has 1 aliphatic rings. The number of rotatable bonds is 1. The molecule has 2 rings (SSSR count). The maximum atomic E-state index is 11.9. The van der Waals surface area contributed by atoms with Crippen LogP contribution in [0.4, 0.5) is 0 Å². The highest BCUT2D eigenvalue weighted by Gasteiger charge is 2.30. The molecule has 17 heavy (non-hydrogen) atoms. The van der Waals surface area contributed by atoms with Gasteiger partial charge in [0.05, 0.1) is 5.92 Å². The molecule has 1 aliphatic heterocycles. The zero-order valence-corrected chi connectivity index (χ0v) is 10.8. The van der Waals surface area contributed by atoms with Crippen molar-refractivity contribution in [2.45, 2.75) is 18.8 Å². The largest absolute Gasteiger partial charge is 0.317 e. The SMILES string of the molecule is Cn1cc(Br)cc(C2CCC(=O)NC2=O)c1=O. The van der Waals surface area contributed by atoms with Gasteiger partial charge < -0.3 is 4.57 Å². The van der Waals surface area contributed by atoms with Gasteiger partial charge in [-0.3, -0.25) is 19.7 Å². The van der Waals surface area contributed by atoms with Crippen molar-refractivity contribution in [1.82, 2.24) is 9.88 Å². The topological polar surface area (TPSA) is 68.2 Å². The van der Waals surface area contributed by atoms with E-state index >= 15 is 0 Å². The molecular weight excluding hydrogens is 288 g/mol. The van der Waals surface area contributed by atoms with E-state index in [1.165, 1.54) is 4.57 Å². The van der Waals surface area contributed by atoms with Gasteiger partial charge in [0, 0.05) is 29.7 Å². The van der Waals surface area contributed by atoms with Crippen LogP contribution < -0.4 is 10.9 Å². The fraction of sp³-hybridized carbons (Fsp3) is 0.364. The molecule has 6 heteroatoms.